The third-order valence-electron chi connectivity index (χ3n) is 6.20. The molecule has 4 rings (SSSR count). The fourth-order valence-corrected chi connectivity index (χ4v) is 5.63. The van der Waals surface area contributed by atoms with Crippen LogP contribution in [-0.4, -0.2) is 51.5 Å². The number of anilines is 1. The van der Waals surface area contributed by atoms with Gasteiger partial charge in [-0.05, 0) is 56.6 Å². The van der Waals surface area contributed by atoms with Crippen molar-refractivity contribution < 1.29 is 9.00 Å². The molecule has 0 fully saturated rings. The Morgan fingerprint density at radius 2 is 2.19 bits per heavy atom. The van der Waals surface area contributed by atoms with Crippen molar-refractivity contribution in [2.24, 2.45) is 0 Å². The molecule has 6 nitrogen and oxygen atoms in total. The first-order valence-corrected chi connectivity index (χ1v) is 12.3. The highest BCUT2D eigenvalue weighted by atomic mass is 32.2. The summed E-state index contributed by atoms with van der Waals surface area (Å²) >= 11 is 0. The van der Waals surface area contributed by atoms with E-state index < -0.39 is 10.8 Å². The predicted octanol–water partition coefficient (Wildman–Crippen LogP) is 4.46. The second-order valence-corrected chi connectivity index (χ2v) is 9.65. The molecule has 0 amide bonds. The molecule has 7 heteroatoms. The van der Waals surface area contributed by atoms with Gasteiger partial charge in [0.1, 0.15) is 0 Å². The summed E-state index contributed by atoms with van der Waals surface area (Å²) in [5.74, 6) is 0.382. The van der Waals surface area contributed by atoms with E-state index in [0.29, 0.717) is 22.5 Å². The molecule has 1 aliphatic rings. The number of nitrogens with one attached hydrogen (secondary N) is 1. The van der Waals surface area contributed by atoms with E-state index in [-0.39, 0.29) is 5.78 Å². The summed E-state index contributed by atoms with van der Waals surface area (Å²) in [5.41, 5.74) is 5.62. The van der Waals surface area contributed by atoms with Crippen LogP contribution in [0.15, 0.2) is 54.2 Å². The van der Waals surface area contributed by atoms with Gasteiger partial charge in [0.2, 0.25) is 0 Å². The van der Waals surface area contributed by atoms with Gasteiger partial charge in [-0.1, -0.05) is 24.3 Å². The second kappa shape index (κ2) is 9.38. The zero-order valence-corrected chi connectivity index (χ0v) is 19.7. The highest BCUT2D eigenvalue weighted by Crippen LogP contribution is 2.39. The summed E-state index contributed by atoms with van der Waals surface area (Å²) in [6, 6.07) is 12.0. The van der Waals surface area contributed by atoms with Crippen molar-refractivity contribution in [3.63, 3.8) is 0 Å². The number of imidazole rings is 1. The van der Waals surface area contributed by atoms with Gasteiger partial charge < -0.3 is 9.88 Å². The molecule has 168 valence electrons. The van der Waals surface area contributed by atoms with Crippen LogP contribution in [0.3, 0.4) is 0 Å². The van der Waals surface area contributed by atoms with Gasteiger partial charge in [0.15, 0.2) is 10.9 Å². The Labute approximate surface area is 191 Å². The molecule has 2 aromatic carbocycles. The average Bonchev–Trinajstić information content (AvgIpc) is 3.22. The number of para-hydroxylation sites is 1. The number of H-pyrrole nitrogens is 1. The minimum absolute atomic E-state index is 0.00396. The number of ketones is 1. The van der Waals surface area contributed by atoms with Crippen LogP contribution in [0.4, 0.5) is 5.69 Å². The Hall–Kier alpha value is -2.77. The molecule has 0 aliphatic carbocycles. The number of aromatic amines is 1. The summed E-state index contributed by atoms with van der Waals surface area (Å²) in [6.45, 7) is 10.3. The average molecular weight is 451 g/mol. The molecular weight excluding hydrogens is 420 g/mol. The lowest BCUT2D eigenvalue weighted by Crippen LogP contribution is -2.37. The molecular formula is C25H30N4O2S. The number of nitrogens with zero attached hydrogens (tertiary/aromatic N) is 3. The summed E-state index contributed by atoms with van der Waals surface area (Å²) in [6.07, 6.45) is 2.99. The largest absolute Gasteiger partial charge is 0.371 e. The van der Waals surface area contributed by atoms with Crippen molar-refractivity contribution in [2.75, 3.05) is 31.6 Å². The Bertz CT molecular complexity index is 1190. The van der Waals surface area contributed by atoms with Crippen LogP contribution in [0.2, 0.25) is 0 Å². The molecule has 3 aromatic rings. The van der Waals surface area contributed by atoms with Gasteiger partial charge in [0.05, 0.1) is 27.6 Å². The molecule has 1 N–H and O–H groups in total. The van der Waals surface area contributed by atoms with Gasteiger partial charge in [-0.15, -0.1) is 6.58 Å². The van der Waals surface area contributed by atoms with E-state index in [2.05, 4.69) is 58.5 Å². The van der Waals surface area contributed by atoms with Crippen LogP contribution in [0, 0.1) is 0 Å². The molecule has 2 heterocycles. The smallest absolute Gasteiger partial charge is 0.197 e. The van der Waals surface area contributed by atoms with E-state index >= 15 is 0 Å². The maximum Gasteiger partial charge on any atom is 0.197 e. The molecule has 0 radical (unpaired) electrons. The van der Waals surface area contributed by atoms with Gasteiger partial charge in [-0.3, -0.25) is 13.9 Å². The number of benzene rings is 2. The van der Waals surface area contributed by atoms with Crippen LogP contribution < -0.4 is 4.90 Å². The highest BCUT2D eigenvalue weighted by molar-refractivity contribution is 7.84. The van der Waals surface area contributed by atoms with Gasteiger partial charge in [0, 0.05) is 36.9 Å². The lowest BCUT2D eigenvalue weighted by molar-refractivity contribution is 0.101. The SMILES string of the molecule is C=CCN(C)C1CCN(CC)c2c(CS(=O)c3nc4ccc(C(C)=O)cc4[nH]3)cccc21. The normalized spacial score (nSPS) is 16.9. The quantitative estimate of drug-likeness (QED) is 0.405. The third-order valence-corrected chi connectivity index (χ3v) is 7.40. The summed E-state index contributed by atoms with van der Waals surface area (Å²) in [7, 11) is 0.799. The number of likely N-dealkylation sites (N-methyl/N-ethyl adjacent to an activating group) is 1. The number of fused-ring (bicyclic) bond motifs is 2. The lowest BCUT2D eigenvalue weighted by Gasteiger charge is -2.40. The van der Waals surface area contributed by atoms with Crippen LogP contribution in [0.1, 0.15) is 47.8 Å². The van der Waals surface area contributed by atoms with Crippen molar-refractivity contribution in [3.05, 3.63) is 65.7 Å². The number of Topliss-reactive ketones (excluding diaryl/α,β-unsaturated/α-hetero) is 1. The topological polar surface area (TPSA) is 69.3 Å². The lowest BCUT2D eigenvalue weighted by atomic mass is 9.92. The van der Waals surface area contributed by atoms with Crippen molar-refractivity contribution in [1.29, 1.82) is 0 Å². The van der Waals surface area contributed by atoms with Gasteiger partial charge >= 0.3 is 0 Å². The number of rotatable bonds is 8. The first-order valence-electron chi connectivity index (χ1n) is 11.0. The number of carbonyl (C=O) groups excluding carboxylic acids is 1. The van der Waals surface area contributed by atoms with Crippen molar-refractivity contribution in [1.82, 2.24) is 14.9 Å². The molecule has 1 aromatic heterocycles. The molecule has 32 heavy (non-hydrogen) atoms. The van der Waals surface area contributed by atoms with E-state index in [0.717, 1.165) is 42.7 Å². The molecule has 0 saturated carbocycles. The molecule has 1 aliphatic heterocycles. The number of hydrogen-bond acceptors (Lipinski definition) is 5. The zero-order valence-electron chi connectivity index (χ0n) is 18.9. The Morgan fingerprint density at radius 3 is 2.91 bits per heavy atom. The van der Waals surface area contributed by atoms with Gasteiger partial charge in [0.25, 0.3) is 0 Å². The molecule has 0 bridgehead atoms. The standard InChI is InChI=1S/C25H30N4O2S/c1-5-13-28(4)23-12-14-29(6-2)24-19(8-7-9-20(23)24)16-32(31)25-26-21-11-10-18(17(3)30)15-22(21)27-25/h5,7-11,15,23H,1,6,12-14,16H2,2-4H3,(H,26,27). The van der Waals surface area contributed by atoms with Crippen LogP contribution in [0.25, 0.3) is 11.0 Å². The fraction of sp³-hybridized carbons (Fsp3) is 0.360. The number of aromatic nitrogens is 2. The number of carbonyl (C=O) groups is 1. The van der Waals surface area contributed by atoms with Crippen LogP contribution in [0.5, 0.6) is 0 Å². The van der Waals surface area contributed by atoms with Crippen molar-refractivity contribution >= 4 is 33.3 Å². The maximum absolute atomic E-state index is 13.3. The van der Waals surface area contributed by atoms with E-state index in [1.807, 2.05) is 6.08 Å². The second-order valence-electron chi connectivity index (χ2n) is 8.29. The Balaban J connectivity index is 1.66. The zero-order chi connectivity index (χ0) is 22.8. The minimum Gasteiger partial charge on any atom is -0.371 e. The molecule has 2 atom stereocenters. The van der Waals surface area contributed by atoms with Crippen LogP contribution >= 0.6 is 0 Å². The van der Waals surface area contributed by atoms with Crippen molar-refractivity contribution in [2.45, 2.75) is 37.2 Å². The summed E-state index contributed by atoms with van der Waals surface area (Å²) in [5, 5.41) is 0.442. The summed E-state index contributed by atoms with van der Waals surface area (Å²) in [4.78, 5) is 24.1. The van der Waals surface area contributed by atoms with E-state index in [1.54, 1.807) is 18.2 Å². The van der Waals surface area contributed by atoms with E-state index in [1.165, 1.54) is 18.2 Å². The van der Waals surface area contributed by atoms with Gasteiger partial charge in [-0.25, -0.2) is 4.98 Å². The van der Waals surface area contributed by atoms with E-state index in [9.17, 15) is 9.00 Å². The first kappa shape index (κ1) is 22.4. The van der Waals surface area contributed by atoms with E-state index in [4.69, 9.17) is 0 Å². The van der Waals surface area contributed by atoms with Crippen molar-refractivity contribution in [3.8, 4) is 0 Å². The summed E-state index contributed by atoms with van der Waals surface area (Å²) < 4.78 is 13.3. The Kier molecular flexibility index (Phi) is 6.58. The van der Waals surface area contributed by atoms with Gasteiger partial charge in [-0.2, -0.15) is 0 Å². The molecule has 0 saturated heterocycles. The Morgan fingerprint density at radius 1 is 1.38 bits per heavy atom. The third kappa shape index (κ3) is 4.27. The monoisotopic (exact) mass is 450 g/mol. The number of hydrogen-bond donors (Lipinski definition) is 1. The highest BCUT2D eigenvalue weighted by Gasteiger charge is 2.29. The van der Waals surface area contributed by atoms with Crippen LogP contribution in [-0.2, 0) is 16.6 Å². The molecule has 2 unspecified atom stereocenters. The maximum atomic E-state index is 13.3. The predicted molar refractivity (Wildman–Crippen MR) is 131 cm³/mol. The first-order chi connectivity index (χ1) is 15.4. The molecule has 0 spiro atoms. The fourth-order valence-electron chi connectivity index (χ4n) is 4.56. The minimum atomic E-state index is -1.33.